The maximum absolute atomic E-state index is 5.67. The van der Waals surface area contributed by atoms with Gasteiger partial charge in [-0.05, 0) is 24.3 Å². The molecule has 84 valence electrons. The molecule has 2 rings (SSSR count). The fraction of sp³-hybridized carbons (Fsp3) is 0.182. The Labute approximate surface area is 102 Å². The molecule has 0 fully saturated rings. The van der Waals surface area contributed by atoms with Gasteiger partial charge in [-0.3, -0.25) is 0 Å². The third-order valence-electron chi connectivity index (χ3n) is 2.30. The zero-order valence-corrected chi connectivity index (χ0v) is 10.4. The van der Waals surface area contributed by atoms with E-state index in [1.54, 1.807) is 10.8 Å². The number of benzene rings is 1. The largest absolute Gasteiger partial charge is 0.486 e. The van der Waals surface area contributed by atoms with E-state index in [4.69, 9.17) is 10.5 Å². The second-order valence-electron chi connectivity index (χ2n) is 3.40. The van der Waals surface area contributed by atoms with Crippen LogP contribution in [0.25, 0.3) is 0 Å². The van der Waals surface area contributed by atoms with Crippen LogP contribution in [0.3, 0.4) is 0 Å². The minimum absolute atomic E-state index is 0.412. The first-order chi connectivity index (χ1) is 7.66. The van der Waals surface area contributed by atoms with E-state index in [1.807, 2.05) is 31.3 Å². The highest BCUT2D eigenvalue weighted by Crippen LogP contribution is 2.17. The summed E-state index contributed by atoms with van der Waals surface area (Å²) in [7, 11) is 1.86. The summed E-state index contributed by atoms with van der Waals surface area (Å²) in [5.74, 6) is 2.25. The number of imidazole rings is 1. The van der Waals surface area contributed by atoms with Gasteiger partial charge >= 0.3 is 0 Å². The molecule has 0 aliphatic heterocycles. The number of halogens is 1. The predicted octanol–water partition coefficient (Wildman–Crippen LogP) is 2.34. The van der Waals surface area contributed by atoms with Crippen molar-refractivity contribution in [3.05, 3.63) is 40.8 Å². The fourth-order valence-electron chi connectivity index (χ4n) is 1.28. The molecule has 5 heteroatoms. The van der Waals surface area contributed by atoms with Gasteiger partial charge in [0.2, 0.25) is 0 Å². The molecule has 1 aromatic carbocycles. The summed E-state index contributed by atoms with van der Waals surface area (Å²) in [5, 5.41) is 0. The molecule has 0 aliphatic rings. The third kappa shape index (κ3) is 2.36. The lowest BCUT2D eigenvalue weighted by Crippen LogP contribution is -2.05. The molecule has 0 bridgehead atoms. The van der Waals surface area contributed by atoms with E-state index in [1.165, 1.54) is 0 Å². The Balaban J connectivity index is 2.02. The van der Waals surface area contributed by atoms with E-state index in [2.05, 4.69) is 20.9 Å². The highest BCUT2D eigenvalue weighted by Gasteiger charge is 2.04. The minimum Gasteiger partial charge on any atom is -0.486 e. The van der Waals surface area contributed by atoms with Crippen LogP contribution < -0.4 is 10.5 Å². The standard InChI is InChI=1S/C11H12BrN3O/c1-15-10(13)6-14-11(15)7-16-9-4-2-8(12)3-5-9/h2-6H,7,13H2,1H3. The number of nitrogen functional groups attached to an aromatic ring is 1. The number of hydrogen-bond donors (Lipinski definition) is 1. The van der Waals surface area contributed by atoms with E-state index >= 15 is 0 Å². The van der Waals surface area contributed by atoms with Crippen molar-refractivity contribution in [3.63, 3.8) is 0 Å². The van der Waals surface area contributed by atoms with E-state index in [0.717, 1.165) is 16.0 Å². The topological polar surface area (TPSA) is 53.1 Å². The lowest BCUT2D eigenvalue weighted by molar-refractivity contribution is 0.292. The summed E-state index contributed by atoms with van der Waals surface area (Å²) in [6, 6.07) is 7.66. The molecule has 0 unspecified atom stereocenters. The average molecular weight is 282 g/mol. The molecule has 2 aromatic rings. The van der Waals surface area contributed by atoms with Crippen LogP contribution in [0.1, 0.15) is 5.82 Å². The van der Waals surface area contributed by atoms with Crippen LogP contribution in [-0.2, 0) is 13.7 Å². The van der Waals surface area contributed by atoms with Gasteiger partial charge in [-0.1, -0.05) is 15.9 Å². The van der Waals surface area contributed by atoms with Gasteiger partial charge in [0.25, 0.3) is 0 Å². The predicted molar refractivity (Wildman–Crippen MR) is 66.1 cm³/mol. The minimum atomic E-state index is 0.412. The van der Waals surface area contributed by atoms with E-state index in [9.17, 15) is 0 Å². The van der Waals surface area contributed by atoms with Crippen molar-refractivity contribution in [2.75, 3.05) is 5.73 Å². The average Bonchev–Trinajstić information content (AvgIpc) is 2.60. The molecule has 0 amide bonds. The van der Waals surface area contributed by atoms with Crippen molar-refractivity contribution in [1.82, 2.24) is 9.55 Å². The van der Waals surface area contributed by atoms with Crippen LogP contribution in [0, 0.1) is 0 Å². The molecule has 0 atom stereocenters. The summed E-state index contributed by atoms with van der Waals surface area (Å²) in [5.41, 5.74) is 5.67. The number of aromatic nitrogens is 2. The van der Waals surface area contributed by atoms with E-state index in [0.29, 0.717) is 12.4 Å². The smallest absolute Gasteiger partial charge is 0.148 e. The van der Waals surface area contributed by atoms with Crippen molar-refractivity contribution < 1.29 is 4.74 Å². The maximum Gasteiger partial charge on any atom is 0.148 e. The summed E-state index contributed by atoms with van der Waals surface area (Å²) < 4.78 is 8.41. The monoisotopic (exact) mass is 281 g/mol. The molecule has 4 nitrogen and oxygen atoms in total. The summed E-state index contributed by atoms with van der Waals surface area (Å²) in [6.45, 7) is 0.412. The normalized spacial score (nSPS) is 10.4. The summed E-state index contributed by atoms with van der Waals surface area (Å²) in [4.78, 5) is 4.15. The Hall–Kier alpha value is -1.49. The Bertz CT molecular complexity index is 478. The Morgan fingerprint density at radius 3 is 2.62 bits per heavy atom. The fourth-order valence-corrected chi connectivity index (χ4v) is 1.54. The van der Waals surface area contributed by atoms with Gasteiger partial charge in [0.15, 0.2) is 0 Å². The molecule has 0 aliphatic carbocycles. The number of ether oxygens (including phenoxy) is 1. The molecular formula is C11H12BrN3O. The van der Waals surface area contributed by atoms with Crippen LogP contribution in [0.4, 0.5) is 5.82 Å². The second kappa shape index (κ2) is 4.57. The molecule has 0 saturated carbocycles. The number of nitrogens with zero attached hydrogens (tertiary/aromatic N) is 2. The van der Waals surface area contributed by atoms with Crippen molar-refractivity contribution in [2.45, 2.75) is 6.61 Å². The second-order valence-corrected chi connectivity index (χ2v) is 4.32. The van der Waals surface area contributed by atoms with E-state index in [-0.39, 0.29) is 0 Å². The van der Waals surface area contributed by atoms with Crippen LogP contribution in [-0.4, -0.2) is 9.55 Å². The highest BCUT2D eigenvalue weighted by atomic mass is 79.9. The SMILES string of the molecule is Cn1c(N)cnc1COc1ccc(Br)cc1. The van der Waals surface area contributed by atoms with Crippen LogP contribution in [0.5, 0.6) is 5.75 Å². The molecular weight excluding hydrogens is 270 g/mol. The molecule has 2 N–H and O–H groups in total. The van der Waals surface area contributed by atoms with Gasteiger partial charge < -0.3 is 15.0 Å². The van der Waals surface area contributed by atoms with Crippen molar-refractivity contribution in [2.24, 2.45) is 7.05 Å². The van der Waals surface area contributed by atoms with Crippen LogP contribution in [0.15, 0.2) is 34.9 Å². The third-order valence-corrected chi connectivity index (χ3v) is 2.83. The molecule has 0 spiro atoms. The van der Waals surface area contributed by atoms with Gasteiger partial charge in [-0.15, -0.1) is 0 Å². The van der Waals surface area contributed by atoms with Crippen molar-refractivity contribution >= 4 is 21.7 Å². The number of anilines is 1. The first-order valence-electron chi connectivity index (χ1n) is 4.81. The highest BCUT2D eigenvalue weighted by molar-refractivity contribution is 9.10. The number of rotatable bonds is 3. The Morgan fingerprint density at radius 2 is 2.06 bits per heavy atom. The number of nitrogens with two attached hydrogens (primary N) is 1. The zero-order chi connectivity index (χ0) is 11.5. The van der Waals surface area contributed by atoms with Crippen LogP contribution in [0.2, 0.25) is 0 Å². The van der Waals surface area contributed by atoms with Gasteiger partial charge in [0.1, 0.15) is 24.0 Å². The first-order valence-corrected chi connectivity index (χ1v) is 5.60. The van der Waals surface area contributed by atoms with Gasteiger partial charge in [-0.2, -0.15) is 0 Å². The zero-order valence-electron chi connectivity index (χ0n) is 8.85. The maximum atomic E-state index is 5.67. The van der Waals surface area contributed by atoms with Crippen molar-refractivity contribution in [3.8, 4) is 5.75 Å². The lowest BCUT2D eigenvalue weighted by Gasteiger charge is -2.06. The lowest BCUT2D eigenvalue weighted by atomic mass is 10.3. The van der Waals surface area contributed by atoms with Gasteiger partial charge in [0, 0.05) is 11.5 Å². The molecule has 16 heavy (non-hydrogen) atoms. The number of hydrogen-bond acceptors (Lipinski definition) is 3. The molecule has 0 saturated heterocycles. The quantitative estimate of drug-likeness (QED) is 0.940. The van der Waals surface area contributed by atoms with Gasteiger partial charge in [-0.25, -0.2) is 4.98 Å². The molecule has 0 radical (unpaired) electrons. The van der Waals surface area contributed by atoms with Crippen LogP contribution >= 0.6 is 15.9 Å². The molecule has 1 heterocycles. The summed E-state index contributed by atoms with van der Waals surface area (Å²) >= 11 is 3.37. The van der Waals surface area contributed by atoms with Gasteiger partial charge in [0.05, 0.1) is 6.20 Å². The van der Waals surface area contributed by atoms with E-state index < -0.39 is 0 Å². The molecule has 1 aromatic heterocycles. The summed E-state index contributed by atoms with van der Waals surface area (Å²) in [6.07, 6.45) is 1.63. The first kappa shape index (κ1) is 11.0. The Morgan fingerprint density at radius 1 is 1.38 bits per heavy atom. The Kier molecular flexibility index (Phi) is 3.14. The van der Waals surface area contributed by atoms with Crippen molar-refractivity contribution in [1.29, 1.82) is 0 Å².